The first kappa shape index (κ1) is 12.6. The number of hydrogen-bond donors (Lipinski definition) is 1. The molecule has 0 radical (unpaired) electrons. The van der Waals surface area contributed by atoms with Crippen molar-refractivity contribution in [1.82, 2.24) is 15.2 Å². The van der Waals surface area contributed by atoms with Gasteiger partial charge in [-0.25, -0.2) is 0 Å². The van der Waals surface area contributed by atoms with Crippen LogP contribution in [0.4, 0.5) is 0 Å². The van der Waals surface area contributed by atoms with Crippen molar-refractivity contribution in [2.45, 2.75) is 13.3 Å². The number of hydrogen-bond acceptors (Lipinski definition) is 3. The topological polar surface area (TPSA) is 45.2 Å². The van der Waals surface area contributed by atoms with Crippen LogP contribution in [0.2, 0.25) is 0 Å². The van der Waals surface area contributed by atoms with Gasteiger partial charge in [-0.3, -0.25) is 9.78 Å². The molecule has 1 aromatic rings. The Kier molecular flexibility index (Phi) is 5.50. The average molecular weight is 221 g/mol. The molecule has 1 N–H and O–H groups in total. The van der Waals surface area contributed by atoms with Gasteiger partial charge < -0.3 is 10.2 Å². The van der Waals surface area contributed by atoms with E-state index >= 15 is 0 Å². The molecule has 1 heterocycles. The largest absolute Gasteiger partial charge is 0.344 e. The molecule has 0 saturated heterocycles. The predicted octanol–water partition coefficient (Wildman–Crippen LogP) is 0.692. The zero-order valence-electron chi connectivity index (χ0n) is 9.94. The van der Waals surface area contributed by atoms with Gasteiger partial charge in [-0.1, -0.05) is 6.92 Å². The second-order valence-electron chi connectivity index (χ2n) is 3.70. The van der Waals surface area contributed by atoms with Gasteiger partial charge in [0.05, 0.1) is 6.54 Å². The number of nitrogens with zero attached hydrogens (tertiary/aromatic N) is 2. The predicted molar refractivity (Wildman–Crippen MR) is 64.1 cm³/mol. The summed E-state index contributed by atoms with van der Waals surface area (Å²) in [5, 5.41) is 3.03. The van der Waals surface area contributed by atoms with E-state index in [0.29, 0.717) is 6.54 Å². The third-order valence-corrected chi connectivity index (χ3v) is 2.44. The molecular formula is C12H19N3O. The van der Waals surface area contributed by atoms with E-state index in [-0.39, 0.29) is 5.91 Å². The smallest absolute Gasteiger partial charge is 0.236 e. The third-order valence-electron chi connectivity index (χ3n) is 2.44. The molecule has 0 fully saturated rings. The van der Waals surface area contributed by atoms with Gasteiger partial charge in [0.15, 0.2) is 0 Å². The maximum Gasteiger partial charge on any atom is 0.236 e. The molecule has 0 atom stereocenters. The minimum absolute atomic E-state index is 0.135. The quantitative estimate of drug-likeness (QED) is 0.769. The summed E-state index contributed by atoms with van der Waals surface area (Å²) in [7, 11) is 1.83. The monoisotopic (exact) mass is 221 g/mol. The molecule has 1 rings (SSSR count). The van der Waals surface area contributed by atoms with Crippen LogP contribution < -0.4 is 5.32 Å². The number of aromatic nitrogens is 1. The lowest BCUT2D eigenvalue weighted by atomic mass is 10.2. The highest BCUT2D eigenvalue weighted by Gasteiger charge is 2.06. The highest BCUT2D eigenvalue weighted by atomic mass is 16.2. The normalized spacial score (nSPS) is 10.1. The summed E-state index contributed by atoms with van der Waals surface area (Å²) in [6.45, 7) is 3.98. The number of pyridine rings is 1. The molecule has 4 nitrogen and oxygen atoms in total. The lowest BCUT2D eigenvalue weighted by molar-refractivity contribution is -0.128. The van der Waals surface area contributed by atoms with E-state index in [2.05, 4.69) is 10.3 Å². The molecule has 0 aliphatic rings. The summed E-state index contributed by atoms with van der Waals surface area (Å²) >= 11 is 0. The zero-order chi connectivity index (χ0) is 11.8. The van der Waals surface area contributed by atoms with Gasteiger partial charge in [-0.05, 0) is 30.7 Å². The molecule has 88 valence electrons. The number of amides is 1. The molecule has 4 heteroatoms. The number of likely N-dealkylation sites (N-methyl/N-ethyl adjacent to an activating group) is 2. The Labute approximate surface area is 96.7 Å². The number of carbonyl (C=O) groups excluding carboxylic acids is 1. The van der Waals surface area contributed by atoms with Gasteiger partial charge in [0, 0.05) is 26.0 Å². The second-order valence-corrected chi connectivity index (χ2v) is 3.70. The van der Waals surface area contributed by atoms with Crippen molar-refractivity contribution in [3.8, 4) is 0 Å². The summed E-state index contributed by atoms with van der Waals surface area (Å²) in [5.74, 6) is 0.135. The van der Waals surface area contributed by atoms with Gasteiger partial charge in [0.2, 0.25) is 5.91 Å². The Morgan fingerprint density at radius 1 is 1.44 bits per heavy atom. The molecule has 0 aromatic carbocycles. The summed E-state index contributed by atoms with van der Waals surface area (Å²) in [5.41, 5.74) is 1.21. The van der Waals surface area contributed by atoms with Gasteiger partial charge in [-0.15, -0.1) is 0 Å². The number of nitrogens with one attached hydrogen (secondary N) is 1. The minimum atomic E-state index is 0.135. The molecule has 16 heavy (non-hydrogen) atoms. The van der Waals surface area contributed by atoms with Crippen molar-refractivity contribution in [3.63, 3.8) is 0 Å². The third kappa shape index (κ3) is 4.40. The molecular weight excluding hydrogens is 202 g/mol. The highest BCUT2D eigenvalue weighted by molar-refractivity contribution is 5.77. The van der Waals surface area contributed by atoms with Crippen molar-refractivity contribution in [3.05, 3.63) is 30.1 Å². The van der Waals surface area contributed by atoms with Gasteiger partial charge in [-0.2, -0.15) is 0 Å². The molecule has 0 bridgehead atoms. The first-order chi connectivity index (χ1) is 7.74. The maximum atomic E-state index is 11.6. The van der Waals surface area contributed by atoms with Crippen LogP contribution in [0.5, 0.6) is 0 Å². The second kappa shape index (κ2) is 6.95. The molecule has 0 saturated carbocycles. The molecule has 1 amide bonds. The average Bonchev–Trinajstić information content (AvgIpc) is 2.34. The first-order valence-electron chi connectivity index (χ1n) is 5.57. The van der Waals surface area contributed by atoms with E-state index in [4.69, 9.17) is 0 Å². The molecule has 0 aliphatic heterocycles. The van der Waals surface area contributed by atoms with E-state index in [9.17, 15) is 4.79 Å². The molecule has 0 spiro atoms. The molecule has 1 aromatic heterocycles. The molecule has 0 aliphatic carbocycles. The Morgan fingerprint density at radius 3 is 2.75 bits per heavy atom. The lowest BCUT2D eigenvalue weighted by Gasteiger charge is -2.17. The van der Waals surface area contributed by atoms with Crippen LogP contribution in [0.25, 0.3) is 0 Å². The van der Waals surface area contributed by atoms with Crippen LogP contribution in [0.15, 0.2) is 24.5 Å². The number of rotatable bonds is 6. The van der Waals surface area contributed by atoms with Crippen LogP contribution in [-0.4, -0.2) is 42.5 Å². The van der Waals surface area contributed by atoms with Gasteiger partial charge in [0.1, 0.15) is 0 Å². The van der Waals surface area contributed by atoms with Crippen molar-refractivity contribution < 1.29 is 4.79 Å². The number of carbonyl (C=O) groups is 1. The van der Waals surface area contributed by atoms with Crippen LogP contribution in [0.1, 0.15) is 12.5 Å². The van der Waals surface area contributed by atoms with Crippen LogP contribution in [0, 0.1) is 0 Å². The van der Waals surface area contributed by atoms with Crippen LogP contribution >= 0.6 is 0 Å². The van der Waals surface area contributed by atoms with Crippen LogP contribution in [0.3, 0.4) is 0 Å². The Morgan fingerprint density at radius 2 is 2.12 bits per heavy atom. The van der Waals surface area contributed by atoms with E-state index < -0.39 is 0 Å². The first-order valence-corrected chi connectivity index (χ1v) is 5.57. The summed E-state index contributed by atoms with van der Waals surface area (Å²) in [6.07, 6.45) is 4.42. The van der Waals surface area contributed by atoms with Gasteiger partial charge in [0.25, 0.3) is 0 Å². The van der Waals surface area contributed by atoms with E-state index in [0.717, 1.165) is 19.5 Å². The minimum Gasteiger partial charge on any atom is -0.344 e. The van der Waals surface area contributed by atoms with Crippen molar-refractivity contribution >= 4 is 5.91 Å². The SMILES string of the molecule is CCNCC(=O)N(C)CCc1ccncc1. The fourth-order valence-electron chi connectivity index (χ4n) is 1.34. The van der Waals surface area contributed by atoms with Crippen molar-refractivity contribution in [2.24, 2.45) is 0 Å². The summed E-state index contributed by atoms with van der Waals surface area (Å²) in [6, 6.07) is 3.95. The Bertz CT molecular complexity index is 313. The van der Waals surface area contributed by atoms with E-state index in [1.54, 1.807) is 17.3 Å². The van der Waals surface area contributed by atoms with E-state index in [1.165, 1.54) is 5.56 Å². The summed E-state index contributed by atoms with van der Waals surface area (Å²) in [4.78, 5) is 17.3. The molecule has 0 unspecified atom stereocenters. The fourth-order valence-corrected chi connectivity index (χ4v) is 1.34. The Hall–Kier alpha value is -1.42. The zero-order valence-corrected chi connectivity index (χ0v) is 9.94. The summed E-state index contributed by atoms with van der Waals surface area (Å²) < 4.78 is 0. The maximum absolute atomic E-state index is 11.6. The van der Waals surface area contributed by atoms with Crippen molar-refractivity contribution in [1.29, 1.82) is 0 Å². The Balaban J connectivity index is 2.29. The van der Waals surface area contributed by atoms with Crippen molar-refractivity contribution in [2.75, 3.05) is 26.7 Å². The van der Waals surface area contributed by atoms with E-state index in [1.807, 2.05) is 26.1 Å². The van der Waals surface area contributed by atoms with Gasteiger partial charge >= 0.3 is 0 Å². The standard InChI is InChI=1S/C12H19N3O/c1-3-13-10-12(16)15(2)9-6-11-4-7-14-8-5-11/h4-5,7-8,13H,3,6,9-10H2,1-2H3. The highest BCUT2D eigenvalue weighted by Crippen LogP contribution is 1.98. The fraction of sp³-hybridized carbons (Fsp3) is 0.500. The lowest BCUT2D eigenvalue weighted by Crippen LogP contribution is -2.36. The van der Waals surface area contributed by atoms with Crippen LogP contribution in [-0.2, 0) is 11.2 Å².